The van der Waals surface area contributed by atoms with E-state index in [1.807, 2.05) is 36.4 Å². The van der Waals surface area contributed by atoms with Crippen LogP contribution in [0.1, 0.15) is 17.2 Å². The average Bonchev–Trinajstić information content (AvgIpc) is 3.15. The average molecular weight is 297 g/mol. The lowest BCUT2D eigenvalue weighted by Gasteiger charge is -2.16. The van der Waals surface area contributed by atoms with Gasteiger partial charge in [-0.3, -0.25) is 4.98 Å². The molecule has 23 heavy (non-hydrogen) atoms. The third-order valence-electron chi connectivity index (χ3n) is 4.49. The topological polar surface area (TPSA) is 65.4 Å². The zero-order valence-corrected chi connectivity index (χ0v) is 12.2. The molecule has 0 saturated carbocycles. The number of nitrogens with zero attached hydrogens (tertiary/aromatic N) is 2. The second-order valence-electron chi connectivity index (χ2n) is 5.77. The summed E-state index contributed by atoms with van der Waals surface area (Å²) in [6.45, 7) is 0. The van der Waals surface area contributed by atoms with Gasteiger partial charge in [-0.2, -0.15) is 0 Å². The van der Waals surface area contributed by atoms with E-state index in [1.54, 1.807) is 12.4 Å². The third-order valence-corrected chi connectivity index (χ3v) is 4.49. The Morgan fingerprint density at radius 1 is 0.913 bits per heavy atom. The summed E-state index contributed by atoms with van der Waals surface area (Å²) in [5.41, 5.74) is 15.8. The number of hydrogen-bond acceptors (Lipinski definition) is 2. The van der Waals surface area contributed by atoms with E-state index in [2.05, 4.69) is 22.1 Å². The first-order chi connectivity index (χ1) is 11.3. The highest BCUT2D eigenvalue weighted by molar-refractivity contribution is 5.91. The van der Waals surface area contributed by atoms with Crippen molar-refractivity contribution in [3.63, 3.8) is 0 Å². The van der Waals surface area contributed by atoms with Crippen molar-refractivity contribution in [3.8, 4) is 22.5 Å². The van der Waals surface area contributed by atoms with E-state index < -0.39 is 0 Å². The van der Waals surface area contributed by atoms with Crippen LogP contribution in [0.15, 0.2) is 60.9 Å². The minimum absolute atomic E-state index is 0.327. The smallest absolute Gasteiger partial charge is 0.139 e. The van der Waals surface area contributed by atoms with Crippen molar-refractivity contribution in [2.45, 2.75) is 6.04 Å². The van der Waals surface area contributed by atoms with E-state index in [4.69, 9.17) is 10.7 Å². The van der Waals surface area contributed by atoms with Crippen molar-refractivity contribution in [2.75, 3.05) is 0 Å². The predicted molar refractivity (Wildman–Crippen MR) is 90.9 cm³/mol. The molecule has 2 heterocycles. The number of pyridine rings is 1. The number of imidazole rings is 1. The summed E-state index contributed by atoms with van der Waals surface area (Å²) < 4.78 is 0. The predicted octanol–water partition coefficient (Wildman–Crippen LogP) is 4.75. The van der Waals surface area contributed by atoms with Crippen LogP contribution in [-0.4, -0.2) is 15.0 Å². The fraction of sp³-hybridized carbons (Fsp3) is 0.0526. The largest absolute Gasteiger partial charge is 0.667 e. The lowest BCUT2D eigenvalue weighted by atomic mass is 9.99. The second kappa shape index (κ2) is 4.51. The first kappa shape index (κ1) is 12.6. The van der Waals surface area contributed by atoms with Crippen LogP contribution in [0.3, 0.4) is 0 Å². The molecule has 1 aliphatic rings. The maximum absolute atomic E-state index is 8.52. The number of rotatable bonds is 1. The molecule has 0 aliphatic heterocycles. The van der Waals surface area contributed by atoms with Gasteiger partial charge in [-0.1, -0.05) is 59.6 Å². The number of aromatic nitrogens is 3. The van der Waals surface area contributed by atoms with Crippen molar-refractivity contribution in [2.24, 2.45) is 0 Å². The highest BCUT2D eigenvalue weighted by Gasteiger charge is 2.24. The number of aromatic amines is 1. The van der Waals surface area contributed by atoms with Crippen molar-refractivity contribution in [1.82, 2.24) is 15.0 Å². The van der Waals surface area contributed by atoms with E-state index in [1.165, 1.54) is 0 Å². The number of nitrogens with one attached hydrogen (secondary N) is 2. The quantitative estimate of drug-likeness (QED) is 0.551. The maximum Gasteiger partial charge on any atom is 0.139 e. The van der Waals surface area contributed by atoms with Crippen molar-refractivity contribution in [1.29, 1.82) is 0 Å². The lowest BCUT2D eigenvalue weighted by molar-refractivity contribution is 1.08. The van der Waals surface area contributed by atoms with E-state index in [-0.39, 0.29) is 6.04 Å². The molecule has 2 aromatic heterocycles. The van der Waals surface area contributed by atoms with Crippen molar-refractivity contribution < 1.29 is 0 Å². The normalized spacial score (nSPS) is 15.6. The van der Waals surface area contributed by atoms with Gasteiger partial charge in [0.25, 0.3) is 0 Å². The van der Waals surface area contributed by atoms with Gasteiger partial charge in [-0.05, 0) is 17.2 Å². The van der Waals surface area contributed by atoms with Gasteiger partial charge in [-0.15, -0.1) is 0 Å². The molecule has 1 aliphatic carbocycles. The lowest BCUT2D eigenvalue weighted by Crippen LogP contribution is -1.89. The van der Waals surface area contributed by atoms with Crippen LogP contribution in [0, 0.1) is 0 Å². The Morgan fingerprint density at radius 2 is 1.74 bits per heavy atom. The van der Waals surface area contributed by atoms with Crippen LogP contribution >= 0.6 is 0 Å². The molecule has 110 valence electrons. The van der Waals surface area contributed by atoms with E-state index in [0.29, 0.717) is 0 Å². The summed E-state index contributed by atoms with van der Waals surface area (Å²) in [5.74, 6) is 0.828. The number of H-pyrrole nitrogens is 1. The number of benzene rings is 2. The SMILES string of the molecule is [NH-]C1c2ccccc2-c2c(-c3nc4ccncc4[nH]3)cccc21. The molecule has 1 unspecified atom stereocenters. The van der Waals surface area contributed by atoms with Gasteiger partial charge in [0.15, 0.2) is 0 Å². The molecule has 0 saturated heterocycles. The molecule has 2 aromatic carbocycles. The molecule has 4 heteroatoms. The van der Waals surface area contributed by atoms with Gasteiger partial charge in [0, 0.05) is 11.8 Å². The van der Waals surface area contributed by atoms with E-state index in [0.717, 1.165) is 44.7 Å². The monoisotopic (exact) mass is 297 g/mol. The summed E-state index contributed by atoms with van der Waals surface area (Å²) in [6.07, 6.45) is 3.54. The molecule has 5 rings (SSSR count). The van der Waals surface area contributed by atoms with Gasteiger partial charge >= 0.3 is 0 Å². The zero-order valence-electron chi connectivity index (χ0n) is 12.2. The summed E-state index contributed by atoms with van der Waals surface area (Å²) in [6, 6.07) is 15.9. The Labute approximate surface area is 133 Å². The molecule has 4 nitrogen and oxygen atoms in total. The molecular weight excluding hydrogens is 284 g/mol. The van der Waals surface area contributed by atoms with Gasteiger partial charge in [0.05, 0.1) is 17.2 Å². The van der Waals surface area contributed by atoms with Crippen molar-refractivity contribution >= 4 is 11.0 Å². The van der Waals surface area contributed by atoms with Crippen LogP contribution in [0.4, 0.5) is 0 Å². The van der Waals surface area contributed by atoms with Gasteiger partial charge in [0.2, 0.25) is 0 Å². The van der Waals surface area contributed by atoms with Crippen LogP contribution in [0.25, 0.3) is 39.3 Å². The summed E-state index contributed by atoms with van der Waals surface area (Å²) in [7, 11) is 0. The standard InChI is InChI=1S/C19H13N4/c20-18-12-5-2-1-4-11(12)17-13(18)6-3-7-14(17)19-22-15-8-9-21-10-16(15)23-19/h1-10,18,20H,(H,22,23)/q-1. The van der Waals surface area contributed by atoms with Crippen LogP contribution < -0.4 is 0 Å². The minimum Gasteiger partial charge on any atom is -0.667 e. The molecule has 4 aromatic rings. The Balaban J connectivity index is 1.81. The fourth-order valence-electron chi connectivity index (χ4n) is 3.44. The maximum atomic E-state index is 8.52. The molecule has 0 radical (unpaired) electrons. The first-order valence-electron chi connectivity index (χ1n) is 7.56. The highest BCUT2D eigenvalue weighted by atomic mass is 14.9. The van der Waals surface area contributed by atoms with Gasteiger partial charge < -0.3 is 10.7 Å². The van der Waals surface area contributed by atoms with Crippen LogP contribution in [0.2, 0.25) is 0 Å². The Hall–Kier alpha value is -2.98. The molecule has 0 amide bonds. The summed E-state index contributed by atoms with van der Waals surface area (Å²) >= 11 is 0. The fourth-order valence-corrected chi connectivity index (χ4v) is 3.44. The van der Waals surface area contributed by atoms with Crippen molar-refractivity contribution in [3.05, 3.63) is 77.8 Å². The Kier molecular flexibility index (Phi) is 2.46. The Morgan fingerprint density at radius 3 is 2.65 bits per heavy atom. The highest BCUT2D eigenvalue weighted by Crippen LogP contribution is 2.48. The zero-order chi connectivity index (χ0) is 15.4. The van der Waals surface area contributed by atoms with Gasteiger partial charge in [0.1, 0.15) is 5.82 Å². The first-order valence-corrected chi connectivity index (χ1v) is 7.56. The second-order valence-corrected chi connectivity index (χ2v) is 5.77. The molecule has 0 spiro atoms. The van der Waals surface area contributed by atoms with Crippen LogP contribution in [-0.2, 0) is 0 Å². The summed E-state index contributed by atoms with van der Waals surface area (Å²) in [5, 5.41) is 0. The van der Waals surface area contributed by atoms with Gasteiger partial charge in [-0.25, -0.2) is 4.98 Å². The number of fused-ring (bicyclic) bond motifs is 4. The minimum atomic E-state index is -0.327. The van der Waals surface area contributed by atoms with E-state index >= 15 is 0 Å². The molecule has 2 N–H and O–H groups in total. The summed E-state index contributed by atoms with van der Waals surface area (Å²) in [4.78, 5) is 12.2. The Bertz CT molecular complexity index is 1020. The molecular formula is C19H13N4-. The third kappa shape index (κ3) is 1.69. The van der Waals surface area contributed by atoms with Crippen LogP contribution in [0.5, 0.6) is 0 Å². The van der Waals surface area contributed by atoms with E-state index in [9.17, 15) is 0 Å². The molecule has 0 fully saturated rings. The number of hydrogen-bond donors (Lipinski definition) is 1. The molecule has 0 bridgehead atoms. The molecule has 1 atom stereocenters.